The number of nitrogens with zero attached hydrogens (tertiary/aromatic N) is 2. The van der Waals surface area contributed by atoms with Gasteiger partial charge >= 0.3 is 6.09 Å². The lowest BCUT2D eigenvalue weighted by atomic mass is 10.0. The monoisotopic (exact) mass is 699 g/mol. The van der Waals surface area contributed by atoms with Gasteiger partial charge in [-0.2, -0.15) is 0 Å². The highest BCUT2D eigenvalue weighted by atomic mass is 16.6. The van der Waals surface area contributed by atoms with Crippen molar-refractivity contribution in [2.75, 3.05) is 33.7 Å². The standard InChI is InChI=1S/C46H86N2O2/c1-6-9-11-13-15-17-19-21-23-25-27-29-31-33-35-37-39-41-45(50-46(49)48(8-3)44-43-47(4)5)42-40-38-36-34-32-30-28-26-24-22-20-18-16-14-12-10-7-2/h15-18,21-24,45H,6-14,19-20,25-44H2,1-5H3/b17-15+,18-16+,23-21+,24-22+. The molecule has 0 saturated heterocycles. The van der Waals surface area contributed by atoms with Gasteiger partial charge in [-0.25, -0.2) is 4.79 Å². The van der Waals surface area contributed by atoms with Crippen LogP contribution in [0, 0.1) is 0 Å². The number of rotatable bonds is 37. The summed E-state index contributed by atoms with van der Waals surface area (Å²) in [5.74, 6) is 0. The summed E-state index contributed by atoms with van der Waals surface area (Å²) in [6, 6.07) is 0. The van der Waals surface area contributed by atoms with Crippen LogP contribution >= 0.6 is 0 Å². The van der Waals surface area contributed by atoms with E-state index in [0.717, 1.165) is 38.8 Å². The van der Waals surface area contributed by atoms with E-state index in [1.54, 1.807) is 0 Å². The molecule has 0 spiro atoms. The number of likely N-dealkylation sites (N-methyl/N-ethyl adjacent to an activating group) is 2. The van der Waals surface area contributed by atoms with Crippen LogP contribution in [0.3, 0.4) is 0 Å². The number of allylic oxidation sites excluding steroid dienone is 8. The summed E-state index contributed by atoms with van der Waals surface area (Å²) >= 11 is 0. The smallest absolute Gasteiger partial charge is 0.410 e. The molecule has 0 bridgehead atoms. The quantitative estimate of drug-likeness (QED) is 0.0478. The van der Waals surface area contributed by atoms with Crippen molar-refractivity contribution in [3.05, 3.63) is 48.6 Å². The Hall–Kier alpha value is -1.81. The van der Waals surface area contributed by atoms with Crippen molar-refractivity contribution >= 4 is 6.09 Å². The molecule has 0 atom stereocenters. The second kappa shape index (κ2) is 40.0. The molecule has 4 heteroatoms. The molecule has 292 valence electrons. The zero-order valence-electron chi connectivity index (χ0n) is 34.3. The van der Waals surface area contributed by atoms with E-state index in [-0.39, 0.29) is 12.2 Å². The highest BCUT2D eigenvalue weighted by molar-refractivity contribution is 5.67. The molecule has 0 aromatic carbocycles. The van der Waals surface area contributed by atoms with Crippen LogP contribution in [0.4, 0.5) is 4.79 Å². The number of ether oxygens (including phenoxy) is 1. The maximum absolute atomic E-state index is 13.0. The SMILES string of the molecule is CCCCC/C=C/C/C=C/CCCCCCCCCC(CCCCCCCCC/C=C/C/C=C/CCCCC)OC(=O)N(CC)CCN(C)C. The molecule has 0 aliphatic heterocycles. The summed E-state index contributed by atoms with van der Waals surface area (Å²) in [5, 5.41) is 0. The third kappa shape index (κ3) is 36.0. The molecule has 0 heterocycles. The first-order valence-corrected chi connectivity index (χ1v) is 21.7. The van der Waals surface area contributed by atoms with Gasteiger partial charge in [-0.05, 0) is 111 Å². The second-order valence-corrected chi connectivity index (χ2v) is 14.8. The van der Waals surface area contributed by atoms with Crippen LogP contribution in [-0.2, 0) is 4.74 Å². The Bertz CT molecular complexity index is 765. The van der Waals surface area contributed by atoms with Gasteiger partial charge in [0.25, 0.3) is 0 Å². The van der Waals surface area contributed by atoms with E-state index in [4.69, 9.17) is 4.74 Å². The number of hydrogen-bond donors (Lipinski definition) is 0. The van der Waals surface area contributed by atoms with Crippen LogP contribution in [0.25, 0.3) is 0 Å². The van der Waals surface area contributed by atoms with Crippen molar-refractivity contribution in [1.29, 1.82) is 0 Å². The molecule has 0 unspecified atom stereocenters. The lowest BCUT2D eigenvalue weighted by Gasteiger charge is -2.26. The first-order valence-electron chi connectivity index (χ1n) is 21.7. The first kappa shape index (κ1) is 48.2. The Morgan fingerprint density at radius 3 is 1.20 bits per heavy atom. The van der Waals surface area contributed by atoms with Crippen molar-refractivity contribution in [2.24, 2.45) is 0 Å². The summed E-state index contributed by atoms with van der Waals surface area (Å²) in [4.78, 5) is 17.0. The highest BCUT2D eigenvalue weighted by Gasteiger charge is 2.19. The van der Waals surface area contributed by atoms with Crippen molar-refractivity contribution in [3.8, 4) is 0 Å². The largest absolute Gasteiger partial charge is 0.446 e. The summed E-state index contributed by atoms with van der Waals surface area (Å²) in [6.07, 6.45) is 53.8. The predicted octanol–water partition coefficient (Wildman–Crippen LogP) is 14.6. The highest BCUT2D eigenvalue weighted by Crippen LogP contribution is 2.19. The summed E-state index contributed by atoms with van der Waals surface area (Å²) in [6.45, 7) is 8.88. The van der Waals surface area contributed by atoms with Crippen LogP contribution in [0.1, 0.15) is 201 Å². The summed E-state index contributed by atoms with van der Waals surface area (Å²) in [5.41, 5.74) is 0. The first-order chi connectivity index (χ1) is 24.5. The molecule has 0 aromatic heterocycles. The van der Waals surface area contributed by atoms with Crippen LogP contribution in [0.15, 0.2) is 48.6 Å². The zero-order chi connectivity index (χ0) is 36.6. The Morgan fingerprint density at radius 1 is 0.480 bits per heavy atom. The normalized spacial score (nSPS) is 12.3. The molecular weight excluding hydrogens is 613 g/mol. The van der Waals surface area contributed by atoms with E-state index in [1.807, 2.05) is 4.90 Å². The Labute approximate surface area is 313 Å². The molecule has 0 saturated carbocycles. The Balaban J connectivity index is 4.18. The Morgan fingerprint density at radius 2 is 0.840 bits per heavy atom. The fraction of sp³-hybridized carbons (Fsp3) is 0.804. The van der Waals surface area contributed by atoms with Crippen molar-refractivity contribution in [1.82, 2.24) is 9.80 Å². The van der Waals surface area contributed by atoms with Gasteiger partial charge < -0.3 is 14.5 Å². The van der Waals surface area contributed by atoms with Crippen molar-refractivity contribution in [2.45, 2.75) is 207 Å². The zero-order valence-corrected chi connectivity index (χ0v) is 34.3. The molecule has 0 rings (SSSR count). The van der Waals surface area contributed by atoms with Gasteiger partial charge in [0.15, 0.2) is 0 Å². The average molecular weight is 699 g/mol. The van der Waals surface area contributed by atoms with Gasteiger partial charge in [0.05, 0.1) is 0 Å². The van der Waals surface area contributed by atoms with E-state index in [1.165, 1.54) is 154 Å². The van der Waals surface area contributed by atoms with E-state index < -0.39 is 0 Å². The number of amides is 1. The van der Waals surface area contributed by atoms with Gasteiger partial charge in [0, 0.05) is 19.6 Å². The van der Waals surface area contributed by atoms with Crippen LogP contribution < -0.4 is 0 Å². The third-order valence-corrected chi connectivity index (χ3v) is 9.68. The minimum Gasteiger partial charge on any atom is -0.446 e. The third-order valence-electron chi connectivity index (χ3n) is 9.68. The van der Waals surface area contributed by atoms with Crippen molar-refractivity contribution in [3.63, 3.8) is 0 Å². The molecule has 1 amide bonds. The average Bonchev–Trinajstić information content (AvgIpc) is 3.10. The Kier molecular flexibility index (Phi) is 38.5. The van der Waals surface area contributed by atoms with Gasteiger partial charge in [-0.1, -0.05) is 152 Å². The minimum atomic E-state index is -0.117. The number of unbranched alkanes of at least 4 members (excludes halogenated alkanes) is 20. The molecular formula is C46H86N2O2. The van der Waals surface area contributed by atoms with E-state index >= 15 is 0 Å². The number of hydrogen-bond acceptors (Lipinski definition) is 3. The van der Waals surface area contributed by atoms with Crippen LogP contribution in [0.5, 0.6) is 0 Å². The number of carbonyl (C=O) groups excluding carboxylic acids is 1. The topological polar surface area (TPSA) is 32.8 Å². The molecule has 0 N–H and O–H groups in total. The predicted molar refractivity (Wildman–Crippen MR) is 223 cm³/mol. The lowest BCUT2D eigenvalue weighted by Crippen LogP contribution is -2.38. The van der Waals surface area contributed by atoms with E-state index in [2.05, 4.69) is 88.4 Å². The van der Waals surface area contributed by atoms with Crippen LogP contribution in [0.2, 0.25) is 0 Å². The van der Waals surface area contributed by atoms with E-state index in [0.29, 0.717) is 6.54 Å². The van der Waals surface area contributed by atoms with Crippen LogP contribution in [-0.4, -0.2) is 55.7 Å². The molecule has 0 fully saturated rings. The fourth-order valence-corrected chi connectivity index (χ4v) is 6.25. The lowest BCUT2D eigenvalue weighted by molar-refractivity contribution is 0.0524. The molecule has 0 aliphatic carbocycles. The fourth-order valence-electron chi connectivity index (χ4n) is 6.25. The van der Waals surface area contributed by atoms with Gasteiger partial charge in [-0.15, -0.1) is 0 Å². The number of carbonyl (C=O) groups is 1. The summed E-state index contributed by atoms with van der Waals surface area (Å²) < 4.78 is 6.14. The molecule has 0 radical (unpaired) electrons. The summed E-state index contributed by atoms with van der Waals surface area (Å²) in [7, 11) is 4.11. The second-order valence-electron chi connectivity index (χ2n) is 14.8. The van der Waals surface area contributed by atoms with Crippen molar-refractivity contribution < 1.29 is 9.53 Å². The van der Waals surface area contributed by atoms with Gasteiger partial charge in [0.2, 0.25) is 0 Å². The molecule has 0 aromatic rings. The van der Waals surface area contributed by atoms with Gasteiger partial charge in [0.1, 0.15) is 6.10 Å². The van der Waals surface area contributed by atoms with Gasteiger partial charge in [-0.3, -0.25) is 0 Å². The molecule has 50 heavy (non-hydrogen) atoms. The minimum absolute atomic E-state index is 0.0619. The van der Waals surface area contributed by atoms with E-state index in [9.17, 15) is 4.79 Å². The maximum atomic E-state index is 13.0. The maximum Gasteiger partial charge on any atom is 0.410 e. The molecule has 4 nitrogen and oxygen atoms in total. The molecule has 0 aliphatic rings.